The van der Waals surface area contributed by atoms with Crippen LogP contribution < -0.4 is 4.90 Å². The summed E-state index contributed by atoms with van der Waals surface area (Å²) in [5.41, 5.74) is -12.2. The van der Waals surface area contributed by atoms with Crippen LogP contribution >= 0.6 is 22.6 Å². The second-order valence-electron chi connectivity index (χ2n) is 11.0. The van der Waals surface area contributed by atoms with Gasteiger partial charge in [-0.05, 0) is 52.7 Å². The molecule has 0 aliphatic carbocycles. The highest BCUT2D eigenvalue weighted by molar-refractivity contribution is 14.1. The first-order valence-electron chi connectivity index (χ1n) is 12.3. The summed E-state index contributed by atoms with van der Waals surface area (Å²) < 4.78 is 141. The predicted octanol–water partition coefficient (Wildman–Crippen LogP) is 9.22. The van der Waals surface area contributed by atoms with Crippen LogP contribution in [0.1, 0.15) is 68.2 Å². The number of carbonyl (C=O) groups excluding carboxylic acids is 1. The van der Waals surface area contributed by atoms with E-state index >= 15 is 17.6 Å². The van der Waals surface area contributed by atoms with Crippen molar-refractivity contribution in [2.45, 2.75) is 104 Å². The molecule has 0 heterocycles. The average Bonchev–Trinajstić information content (AvgIpc) is 2.81. The lowest BCUT2D eigenvalue weighted by atomic mass is 9.71. The number of anilines is 1. The molecule has 0 spiro atoms. The van der Waals surface area contributed by atoms with E-state index in [1.165, 1.54) is 12.1 Å². The number of para-hydroxylation sites is 1. The molecule has 0 aliphatic rings. The van der Waals surface area contributed by atoms with Crippen LogP contribution in [0.25, 0.3) is 0 Å². The Morgan fingerprint density at radius 1 is 0.775 bits per heavy atom. The predicted molar refractivity (Wildman–Crippen MR) is 141 cm³/mol. The van der Waals surface area contributed by atoms with Gasteiger partial charge in [-0.15, -0.1) is 0 Å². The Morgan fingerprint density at radius 2 is 1.23 bits per heavy atom. The maximum absolute atomic E-state index is 15.6. The number of hydrogen-bond donors (Lipinski definition) is 0. The molecule has 0 aromatic heterocycles. The molecule has 1 aromatic carbocycles. The summed E-state index contributed by atoms with van der Waals surface area (Å²) in [5.74, 6) is -6.62. The number of hydrogen-bond acceptors (Lipinski definition) is 3. The van der Waals surface area contributed by atoms with Gasteiger partial charge in [0.25, 0.3) is 0 Å². The first-order valence-corrected chi connectivity index (χ1v) is 13.8. The topological polar surface area (TPSA) is 38.8 Å². The zero-order chi connectivity index (χ0) is 31.8. The molecule has 0 saturated carbocycles. The molecule has 0 aliphatic heterocycles. The molecule has 0 bridgehead atoms. The Bertz CT molecular complexity index is 1010. The molecule has 1 rings (SSSR count). The number of rotatable bonds is 13. The average molecular weight is 707 g/mol. The first-order chi connectivity index (χ1) is 17.8. The van der Waals surface area contributed by atoms with E-state index in [2.05, 4.69) is 4.74 Å². The van der Waals surface area contributed by atoms with E-state index in [-0.39, 0.29) is 10.2 Å². The molecule has 1 aromatic rings. The fraction of sp³-hybridized carbons (Fsp3) is 0.731. The van der Waals surface area contributed by atoms with Crippen molar-refractivity contribution in [3.63, 3.8) is 0 Å². The highest BCUT2D eigenvalue weighted by atomic mass is 127. The van der Waals surface area contributed by atoms with Crippen LogP contribution in [0.3, 0.4) is 0 Å². The minimum Gasteiger partial charge on any atom is -0.313 e. The van der Waals surface area contributed by atoms with Crippen LogP contribution in [0.15, 0.2) is 30.3 Å². The SMILES string of the molecule is CCC(CC)(OC(F)(F)C(F)(F)C(C)(C)C(C)(C)OC(F)(F)C(C)(C)C(=O)N(CI)c1ccccc1)C(F)(F)F. The van der Waals surface area contributed by atoms with Crippen LogP contribution in [0.2, 0.25) is 0 Å². The Labute approximate surface area is 242 Å². The fourth-order valence-electron chi connectivity index (χ4n) is 3.79. The third kappa shape index (κ3) is 6.37. The molecule has 0 N–H and O–H groups in total. The van der Waals surface area contributed by atoms with Crippen molar-refractivity contribution >= 4 is 34.2 Å². The van der Waals surface area contributed by atoms with Crippen molar-refractivity contribution in [2.24, 2.45) is 10.8 Å². The summed E-state index contributed by atoms with van der Waals surface area (Å²) >= 11 is 1.76. The van der Waals surface area contributed by atoms with E-state index in [1.807, 2.05) is 0 Å². The molecule has 4 nitrogen and oxygen atoms in total. The second kappa shape index (κ2) is 11.8. The van der Waals surface area contributed by atoms with Crippen molar-refractivity contribution in [2.75, 3.05) is 9.45 Å². The lowest BCUT2D eigenvalue weighted by Gasteiger charge is -2.51. The molecule has 0 saturated heterocycles. The molecular weight excluding hydrogens is 672 g/mol. The maximum atomic E-state index is 15.6. The number of ether oxygens (including phenoxy) is 2. The smallest absolute Gasteiger partial charge is 0.313 e. The summed E-state index contributed by atoms with van der Waals surface area (Å²) in [6, 6.07) is 7.71. The Morgan fingerprint density at radius 3 is 1.60 bits per heavy atom. The van der Waals surface area contributed by atoms with Gasteiger partial charge < -0.3 is 9.64 Å². The standard InChI is InChI=1S/C26H35F9INO3/c1-9-22(10-2,24(29,30)31)40-26(34,35)23(27,28)20(5,6)21(7,8)39-25(32,33)19(3,4)18(38)37(16-36)17-14-12-11-13-15-17/h11-15H,9-10,16H2,1-8H3. The van der Waals surface area contributed by atoms with Crippen LogP contribution in [-0.2, 0) is 14.3 Å². The van der Waals surface area contributed by atoms with Crippen molar-refractivity contribution in [3.05, 3.63) is 30.3 Å². The monoisotopic (exact) mass is 707 g/mol. The van der Waals surface area contributed by atoms with Crippen LogP contribution in [0, 0.1) is 10.8 Å². The summed E-state index contributed by atoms with van der Waals surface area (Å²) in [6.07, 6.45) is -17.9. The molecule has 1 amide bonds. The van der Waals surface area contributed by atoms with Gasteiger partial charge in [-0.3, -0.25) is 9.53 Å². The van der Waals surface area contributed by atoms with Gasteiger partial charge >= 0.3 is 24.3 Å². The van der Waals surface area contributed by atoms with Crippen molar-refractivity contribution in [3.8, 4) is 0 Å². The zero-order valence-electron chi connectivity index (χ0n) is 23.5. The molecule has 0 atom stereocenters. The lowest BCUT2D eigenvalue weighted by molar-refractivity contribution is -0.453. The molecule has 232 valence electrons. The minimum absolute atomic E-state index is 0.0769. The van der Waals surface area contributed by atoms with Gasteiger partial charge in [0, 0.05) is 5.69 Å². The lowest BCUT2D eigenvalue weighted by Crippen LogP contribution is -2.66. The van der Waals surface area contributed by atoms with Gasteiger partial charge in [-0.2, -0.15) is 39.5 Å². The van der Waals surface area contributed by atoms with E-state index in [0.29, 0.717) is 27.7 Å². The largest absolute Gasteiger partial charge is 0.420 e. The van der Waals surface area contributed by atoms with Gasteiger partial charge in [-0.25, -0.2) is 0 Å². The zero-order valence-corrected chi connectivity index (χ0v) is 25.6. The van der Waals surface area contributed by atoms with E-state index in [1.54, 1.807) is 40.8 Å². The van der Waals surface area contributed by atoms with Gasteiger partial charge in [0.1, 0.15) is 5.41 Å². The number of halogens is 10. The molecule has 0 unspecified atom stereocenters. The highest BCUT2D eigenvalue weighted by Gasteiger charge is 2.75. The summed E-state index contributed by atoms with van der Waals surface area (Å²) in [7, 11) is 0. The quantitative estimate of drug-likeness (QED) is 0.0889. The van der Waals surface area contributed by atoms with Gasteiger partial charge in [0.2, 0.25) is 5.91 Å². The molecular formula is C26H35F9INO3. The number of alkyl halides is 10. The molecule has 40 heavy (non-hydrogen) atoms. The summed E-state index contributed by atoms with van der Waals surface area (Å²) in [4.78, 5) is 14.2. The normalized spacial score (nSPS) is 14.8. The minimum atomic E-state index is -5.76. The highest BCUT2D eigenvalue weighted by Crippen LogP contribution is 2.58. The van der Waals surface area contributed by atoms with Gasteiger partial charge in [0.15, 0.2) is 5.60 Å². The van der Waals surface area contributed by atoms with Crippen molar-refractivity contribution in [1.29, 1.82) is 0 Å². The fourth-order valence-corrected chi connectivity index (χ4v) is 4.49. The maximum Gasteiger partial charge on any atom is 0.420 e. The Hall–Kier alpha value is -1.29. The van der Waals surface area contributed by atoms with Crippen molar-refractivity contribution < 1.29 is 53.8 Å². The molecule has 14 heteroatoms. The summed E-state index contributed by atoms with van der Waals surface area (Å²) in [5, 5.41) is 0. The van der Waals surface area contributed by atoms with Crippen LogP contribution in [0.5, 0.6) is 0 Å². The Kier molecular flexibility index (Phi) is 10.8. The third-order valence-corrected chi connectivity index (χ3v) is 8.40. The van der Waals surface area contributed by atoms with Crippen LogP contribution in [-0.4, -0.2) is 46.0 Å². The number of benzene rings is 1. The number of nitrogens with zero attached hydrogens (tertiary/aromatic N) is 1. The van der Waals surface area contributed by atoms with Crippen LogP contribution in [0.4, 0.5) is 45.2 Å². The van der Waals surface area contributed by atoms with E-state index in [9.17, 15) is 26.7 Å². The summed E-state index contributed by atoms with van der Waals surface area (Å²) in [6.45, 7) is 5.51. The van der Waals surface area contributed by atoms with E-state index < -0.39 is 65.1 Å². The third-order valence-electron chi connectivity index (χ3n) is 7.72. The Balaban J connectivity index is 3.47. The second-order valence-corrected chi connectivity index (χ2v) is 11.6. The molecule has 0 fully saturated rings. The van der Waals surface area contributed by atoms with E-state index in [0.717, 1.165) is 32.6 Å². The van der Waals surface area contributed by atoms with Gasteiger partial charge in [0.05, 0.1) is 15.6 Å². The van der Waals surface area contributed by atoms with E-state index in [4.69, 9.17) is 4.74 Å². The molecule has 0 radical (unpaired) electrons. The van der Waals surface area contributed by atoms with Gasteiger partial charge in [-0.1, -0.05) is 68.5 Å². The first kappa shape index (κ1) is 36.7. The number of carbonyl (C=O) groups is 1. The van der Waals surface area contributed by atoms with Crippen molar-refractivity contribution in [1.82, 2.24) is 0 Å². The number of amides is 1.